The van der Waals surface area contributed by atoms with Gasteiger partial charge >= 0.3 is 0 Å². The van der Waals surface area contributed by atoms with E-state index in [2.05, 4.69) is 19.0 Å². The Bertz CT molecular complexity index is 450. The highest BCUT2D eigenvalue weighted by Gasteiger charge is 2.42. The molecule has 0 heterocycles. The second-order valence-electron chi connectivity index (χ2n) is 6.18. The Balaban J connectivity index is 2.34. The van der Waals surface area contributed by atoms with E-state index < -0.39 is 6.10 Å². The van der Waals surface area contributed by atoms with E-state index in [9.17, 15) is 5.11 Å². The molecule has 1 aliphatic carbocycles. The fourth-order valence-electron chi connectivity index (χ4n) is 3.50. The van der Waals surface area contributed by atoms with E-state index in [1.54, 1.807) is 7.11 Å². The molecule has 0 aliphatic heterocycles. The summed E-state index contributed by atoms with van der Waals surface area (Å²) in [6.07, 6.45) is 5.36. The van der Waals surface area contributed by atoms with Crippen LogP contribution < -0.4 is 4.74 Å². The van der Waals surface area contributed by atoms with Crippen LogP contribution in [-0.4, -0.2) is 36.8 Å². The van der Waals surface area contributed by atoms with Gasteiger partial charge in [-0.05, 0) is 57.1 Å². The molecule has 3 nitrogen and oxygen atoms in total. The molecular formula is C17H27NO2. The van der Waals surface area contributed by atoms with Crippen molar-refractivity contribution in [3.8, 4) is 5.75 Å². The fourth-order valence-corrected chi connectivity index (χ4v) is 3.50. The minimum Gasteiger partial charge on any atom is -0.497 e. The van der Waals surface area contributed by atoms with Crippen molar-refractivity contribution >= 4 is 0 Å². The van der Waals surface area contributed by atoms with Crippen LogP contribution in [0.25, 0.3) is 0 Å². The van der Waals surface area contributed by atoms with Crippen LogP contribution in [0.5, 0.6) is 5.75 Å². The van der Waals surface area contributed by atoms with Gasteiger partial charge in [0.1, 0.15) is 5.75 Å². The zero-order chi connectivity index (χ0) is 14.8. The van der Waals surface area contributed by atoms with Crippen molar-refractivity contribution in [2.75, 3.05) is 21.2 Å². The molecule has 3 heteroatoms. The predicted octanol–water partition coefficient (Wildman–Crippen LogP) is 3.30. The topological polar surface area (TPSA) is 32.7 Å². The summed E-state index contributed by atoms with van der Waals surface area (Å²) >= 11 is 0. The van der Waals surface area contributed by atoms with Gasteiger partial charge in [0.25, 0.3) is 0 Å². The monoisotopic (exact) mass is 277 g/mol. The number of benzene rings is 1. The first-order chi connectivity index (χ1) is 9.51. The van der Waals surface area contributed by atoms with Crippen LogP contribution in [0.4, 0.5) is 0 Å². The predicted molar refractivity (Wildman–Crippen MR) is 82.2 cm³/mol. The van der Waals surface area contributed by atoms with Crippen molar-refractivity contribution in [3.63, 3.8) is 0 Å². The molecular weight excluding hydrogens is 250 g/mol. The Morgan fingerprint density at radius 3 is 2.35 bits per heavy atom. The van der Waals surface area contributed by atoms with Crippen LogP contribution in [-0.2, 0) is 0 Å². The zero-order valence-electron chi connectivity index (χ0n) is 13.1. The number of ether oxygens (including phenoxy) is 1. The van der Waals surface area contributed by atoms with Crippen molar-refractivity contribution < 1.29 is 9.84 Å². The highest BCUT2D eigenvalue weighted by molar-refractivity contribution is 5.37. The summed E-state index contributed by atoms with van der Waals surface area (Å²) in [5.74, 6) is 0.848. The van der Waals surface area contributed by atoms with Crippen molar-refractivity contribution in [2.24, 2.45) is 0 Å². The van der Waals surface area contributed by atoms with E-state index in [1.807, 2.05) is 25.1 Å². The van der Waals surface area contributed by atoms with Crippen LogP contribution in [0.1, 0.15) is 49.3 Å². The number of aliphatic hydroxyl groups is 1. The molecule has 0 radical (unpaired) electrons. The van der Waals surface area contributed by atoms with Crippen molar-refractivity contribution in [1.29, 1.82) is 0 Å². The molecule has 1 atom stereocenters. The van der Waals surface area contributed by atoms with Gasteiger partial charge in [0, 0.05) is 0 Å². The van der Waals surface area contributed by atoms with E-state index in [4.69, 9.17) is 4.74 Å². The Kier molecular flexibility index (Phi) is 4.71. The Morgan fingerprint density at radius 2 is 1.85 bits per heavy atom. The summed E-state index contributed by atoms with van der Waals surface area (Å²) in [6, 6.07) is 5.96. The van der Waals surface area contributed by atoms with Crippen molar-refractivity contribution in [1.82, 2.24) is 4.90 Å². The highest BCUT2D eigenvalue weighted by atomic mass is 16.5. The molecule has 0 aromatic heterocycles. The standard InChI is InChI=1S/C17H27NO2/c1-13-12-14(20-4)8-9-15(13)16(19)17(18(2)3)10-6-5-7-11-17/h8-9,12,16,19H,5-7,10-11H2,1-4H3. The van der Waals surface area contributed by atoms with Gasteiger partial charge in [0.05, 0.1) is 18.8 Å². The number of methoxy groups -OCH3 is 1. The third-order valence-corrected chi connectivity index (χ3v) is 4.89. The lowest BCUT2D eigenvalue weighted by Gasteiger charge is -2.46. The lowest BCUT2D eigenvalue weighted by Crippen LogP contribution is -2.50. The summed E-state index contributed by atoms with van der Waals surface area (Å²) in [5, 5.41) is 11.0. The SMILES string of the molecule is COc1ccc(C(O)C2(N(C)C)CCCCC2)c(C)c1. The molecule has 112 valence electrons. The summed E-state index contributed by atoms with van der Waals surface area (Å²) in [7, 11) is 5.86. The van der Waals surface area contributed by atoms with Gasteiger partial charge in [-0.1, -0.05) is 25.3 Å². The van der Waals surface area contributed by atoms with Gasteiger partial charge in [-0.15, -0.1) is 0 Å². The maximum Gasteiger partial charge on any atom is 0.119 e. The maximum absolute atomic E-state index is 11.0. The molecule has 1 aromatic carbocycles. The smallest absolute Gasteiger partial charge is 0.119 e. The van der Waals surface area contributed by atoms with Crippen molar-refractivity contribution in [2.45, 2.75) is 50.7 Å². The second-order valence-corrected chi connectivity index (χ2v) is 6.18. The average molecular weight is 277 g/mol. The number of nitrogens with zero attached hydrogens (tertiary/aromatic N) is 1. The van der Waals surface area contributed by atoms with E-state index >= 15 is 0 Å². The van der Waals surface area contributed by atoms with Crippen LogP contribution in [0.2, 0.25) is 0 Å². The van der Waals surface area contributed by atoms with Gasteiger partial charge < -0.3 is 14.7 Å². The molecule has 2 rings (SSSR count). The molecule has 1 aliphatic rings. The molecule has 20 heavy (non-hydrogen) atoms. The van der Waals surface area contributed by atoms with Crippen LogP contribution >= 0.6 is 0 Å². The number of likely N-dealkylation sites (N-methyl/N-ethyl adjacent to an activating group) is 1. The average Bonchev–Trinajstić information content (AvgIpc) is 2.47. The first kappa shape index (κ1) is 15.3. The molecule has 1 aromatic rings. The number of aliphatic hydroxyl groups excluding tert-OH is 1. The van der Waals surface area contributed by atoms with Crippen LogP contribution in [0, 0.1) is 6.92 Å². The maximum atomic E-state index is 11.0. The highest BCUT2D eigenvalue weighted by Crippen LogP contribution is 2.43. The van der Waals surface area contributed by atoms with Gasteiger partial charge in [-0.3, -0.25) is 0 Å². The lowest BCUT2D eigenvalue weighted by atomic mass is 9.74. The Morgan fingerprint density at radius 1 is 1.20 bits per heavy atom. The fraction of sp³-hybridized carbons (Fsp3) is 0.647. The third-order valence-electron chi connectivity index (χ3n) is 4.89. The summed E-state index contributed by atoms with van der Waals surface area (Å²) in [4.78, 5) is 2.22. The number of hydrogen-bond acceptors (Lipinski definition) is 3. The van der Waals surface area contributed by atoms with E-state index in [-0.39, 0.29) is 5.54 Å². The van der Waals surface area contributed by atoms with Gasteiger partial charge in [-0.2, -0.15) is 0 Å². The molecule has 1 N–H and O–H groups in total. The van der Waals surface area contributed by atoms with E-state index in [1.165, 1.54) is 19.3 Å². The number of hydrogen-bond donors (Lipinski definition) is 1. The van der Waals surface area contributed by atoms with Gasteiger partial charge in [0.2, 0.25) is 0 Å². The van der Waals surface area contributed by atoms with E-state index in [0.717, 1.165) is 29.7 Å². The van der Waals surface area contributed by atoms with Crippen LogP contribution in [0.15, 0.2) is 18.2 Å². The normalized spacial score (nSPS) is 19.9. The molecule has 0 bridgehead atoms. The minimum absolute atomic E-state index is 0.127. The Hall–Kier alpha value is -1.06. The molecule has 0 amide bonds. The second kappa shape index (κ2) is 6.15. The molecule has 0 spiro atoms. The summed E-state index contributed by atoms with van der Waals surface area (Å²) < 4.78 is 5.26. The van der Waals surface area contributed by atoms with Crippen molar-refractivity contribution in [3.05, 3.63) is 29.3 Å². The molecule has 1 unspecified atom stereocenters. The van der Waals surface area contributed by atoms with Gasteiger partial charge in [-0.25, -0.2) is 0 Å². The molecule has 1 fully saturated rings. The summed E-state index contributed by atoms with van der Waals surface area (Å²) in [6.45, 7) is 2.05. The quantitative estimate of drug-likeness (QED) is 0.916. The minimum atomic E-state index is -0.441. The lowest BCUT2D eigenvalue weighted by molar-refractivity contribution is -0.0339. The largest absolute Gasteiger partial charge is 0.497 e. The zero-order valence-corrected chi connectivity index (χ0v) is 13.1. The van der Waals surface area contributed by atoms with E-state index in [0.29, 0.717) is 0 Å². The third kappa shape index (κ3) is 2.70. The van der Waals surface area contributed by atoms with Gasteiger partial charge in [0.15, 0.2) is 0 Å². The number of rotatable bonds is 4. The van der Waals surface area contributed by atoms with Crippen LogP contribution in [0.3, 0.4) is 0 Å². The Labute approximate surface area is 122 Å². The first-order valence-corrected chi connectivity index (χ1v) is 7.51. The molecule has 1 saturated carbocycles. The molecule has 0 saturated heterocycles. The summed E-state index contributed by atoms with van der Waals surface area (Å²) in [5.41, 5.74) is 2.00. The first-order valence-electron chi connectivity index (χ1n) is 7.51. The number of aryl methyl sites for hydroxylation is 1.